The Labute approximate surface area is 147 Å². The van der Waals surface area contributed by atoms with Crippen LogP contribution in [0.5, 0.6) is 11.8 Å². The molecule has 24 heavy (non-hydrogen) atoms. The van der Waals surface area contributed by atoms with Gasteiger partial charge in [0.05, 0.1) is 6.04 Å². The summed E-state index contributed by atoms with van der Waals surface area (Å²) in [5.41, 5.74) is 1.73. The van der Waals surface area contributed by atoms with Gasteiger partial charge in [0.1, 0.15) is 5.75 Å². The number of hydrogen-bond donors (Lipinski definition) is 2. The van der Waals surface area contributed by atoms with Crippen LogP contribution in [-0.2, 0) is 4.79 Å². The maximum absolute atomic E-state index is 12.3. The number of aryl methyl sites for hydroxylation is 1. The molecule has 7 heteroatoms. The molecule has 6 nitrogen and oxygen atoms in total. The van der Waals surface area contributed by atoms with Crippen LogP contribution in [0.4, 0.5) is 5.69 Å². The highest BCUT2D eigenvalue weighted by atomic mass is 35.5. The van der Waals surface area contributed by atoms with Crippen molar-refractivity contribution >= 4 is 24.0 Å². The number of benzene rings is 1. The number of piperidine rings is 1. The molecule has 0 aliphatic carbocycles. The second kappa shape index (κ2) is 8.61. The molecule has 128 valence electrons. The fourth-order valence-electron chi connectivity index (χ4n) is 2.58. The summed E-state index contributed by atoms with van der Waals surface area (Å²) < 4.78 is 5.59. The molecule has 0 saturated carbocycles. The van der Waals surface area contributed by atoms with E-state index in [0.717, 1.165) is 37.1 Å². The van der Waals surface area contributed by atoms with Gasteiger partial charge in [0, 0.05) is 18.1 Å². The van der Waals surface area contributed by atoms with Gasteiger partial charge in [-0.05, 0) is 56.1 Å². The second-order valence-corrected chi connectivity index (χ2v) is 5.60. The number of rotatable bonds is 4. The molecular formula is C17H21ClN4O2. The van der Waals surface area contributed by atoms with E-state index in [-0.39, 0.29) is 24.4 Å². The monoisotopic (exact) mass is 348 g/mol. The minimum atomic E-state index is -0.100. The third-order valence-corrected chi connectivity index (χ3v) is 3.83. The first-order chi connectivity index (χ1) is 11.2. The molecule has 1 aliphatic heterocycles. The number of carbonyl (C=O) groups is 1. The van der Waals surface area contributed by atoms with Gasteiger partial charge < -0.3 is 15.4 Å². The van der Waals surface area contributed by atoms with E-state index >= 15 is 0 Å². The first-order valence-electron chi connectivity index (χ1n) is 7.82. The van der Waals surface area contributed by atoms with Crippen LogP contribution >= 0.6 is 12.4 Å². The number of ether oxygens (including phenoxy) is 1. The minimum Gasteiger partial charge on any atom is -0.424 e. The van der Waals surface area contributed by atoms with Gasteiger partial charge in [0.25, 0.3) is 0 Å². The van der Waals surface area contributed by atoms with Crippen molar-refractivity contribution in [3.05, 3.63) is 42.2 Å². The SMILES string of the molecule is Cc1cc(Oc2ncccn2)ccc1NC(=O)C1CCCCN1.Cl. The number of anilines is 1. The van der Waals surface area contributed by atoms with E-state index in [2.05, 4.69) is 20.6 Å². The molecule has 1 aliphatic rings. The van der Waals surface area contributed by atoms with Crippen LogP contribution in [-0.4, -0.2) is 28.5 Å². The molecular weight excluding hydrogens is 328 g/mol. The zero-order chi connectivity index (χ0) is 16.1. The van der Waals surface area contributed by atoms with Crippen molar-refractivity contribution in [2.75, 3.05) is 11.9 Å². The third-order valence-electron chi connectivity index (χ3n) is 3.83. The largest absolute Gasteiger partial charge is 0.424 e. The van der Waals surface area contributed by atoms with Gasteiger partial charge in [-0.25, -0.2) is 9.97 Å². The highest BCUT2D eigenvalue weighted by molar-refractivity contribution is 5.95. The lowest BCUT2D eigenvalue weighted by molar-refractivity contribution is -0.118. The number of aromatic nitrogens is 2. The number of halogens is 1. The number of amides is 1. The van der Waals surface area contributed by atoms with Crippen molar-refractivity contribution in [2.45, 2.75) is 32.2 Å². The number of hydrogen-bond acceptors (Lipinski definition) is 5. The number of nitrogens with zero attached hydrogens (tertiary/aromatic N) is 2. The molecule has 1 fully saturated rings. The molecule has 1 amide bonds. The molecule has 1 unspecified atom stereocenters. The maximum atomic E-state index is 12.3. The Morgan fingerprint density at radius 1 is 1.29 bits per heavy atom. The van der Waals surface area contributed by atoms with Crippen LogP contribution < -0.4 is 15.4 Å². The molecule has 0 spiro atoms. The van der Waals surface area contributed by atoms with Crippen LogP contribution in [0.15, 0.2) is 36.7 Å². The Balaban J connectivity index is 0.00000208. The van der Waals surface area contributed by atoms with Crippen molar-refractivity contribution in [1.82, 2.24) is 15.3 Å². The predicted molar refractivity (Wildman–Crippen MR) is 94.8 cm³/mol. The summed E-state index contributed by atoms with van der Waals surface area (Å²) in [6.07, 6.45) is 6.36. The lowest BCUT2D eigenvalue weighted by Crippen LogP contribution is -2.43. The maximum Gasteiger partial charge on any atom is 0.321 e. The third kappa shape index (κ3) is 4.66. The van der Waals surface area contributed by atoms with Gasteiger partial charge in [0.2, 0.25) is 5.91 Å². The molecule has 1 saturated heterocycles. The fraction of sp³-hybridized carbons (Fsp3) is 0.353. The highest BCUT2D eigenvalue weighted by Gasteiger charge is 2.20. The van der Waals surface area contributed by atoms with E-state index < -0.39 is 0 Å². The minimum absolute atomic E-state index is 0. The molecule has 1 aromatic carbocycles. The van der Waals surface area contributed by atoms with Gasteiger partial charge in [-0.1, -0.05) is 6.42 Å². The molecule has 3 rings (SSSR count). The summed E-state index contributed by atoms with van der Waals surface area (Å²) in [6, 6.07) is 7.43. The van der Waals surface area contributed by atoms with Crippen LogP contribution in [0.2, 0.25) is 0 Å². The summed E-state index contributed by atoms with van der Waals surface area (Å²) >= 11 is 0. The molecule has 1 aromatic heterocycles. The highest BCUT2D eigenvalue weighted by Crippen LogP contribution is 2.24. The Hall–Kier alpha value is -2.18. The topological polar surface area (TPSA) is 76.1 Å². The lowest BCUT2D eigenvalue weighted by atomic mass is 10.0. The summed E-state index contributed by atoms with van der Waals surface area (Å²) in [6.45, 7) is 2.84. The van der Waals surface area contributed by atoms with Crippen molar-refractivity contribution in [3.8, 4) is 11.8 Å². The van der Waals surface area contributed by atoms with Gasteiger partial charge in [-0.2, -0.15) is 0 Å². The average Bonchev–Trinajstić information content (AvgIpc) is 2.59. The summed E-state index contributed by atoms with van der Waals surface area (Å²) in [7, 11) is 0. The molecule has 2 aromatic rings. The van der Waals surface area contributed by atoms with E-state index in [1.807, 2.05) is 19.1 Å². The quantitative estimate of drug-likeness (QED) is 0.888. The Morgan fingerprint density at radius 2 is 2.08 bits per heavy atom. The smallest absolute Gasteiger partial charge is 0.321 e. The van der Waals surface area contributed by atoms with Crippen molar-refractivity contribution in [3.63, 3.8) is 0 Å². The van der Waals surface area contributed by atoms with E-state index in [1.54, 1.807) is 24.5 Å². The zero-order valence-corrected chi connectivity index (χ0v) is 14.3. The fourth-order valence-corrected chi connectivity index (χ4v) is 2.58. The Bertz CT molecular complexity index is 676. The predicted octanol–water partition coefficient (Wildman–Crippen LogP) is 3.08. The van der Waals surface area contributed by atoms with E-state index in [9.17, 15) is 4.79 Å². The Kier molecular flexibility index (Phi) is 6.52. The van der Waals surface area contributed by atoms with Crippen LogP contribution in [0.3, 0.4) is 0 Å². The van der Waals surface area contributed by atoms with Gasteiger partial charge in [-0.15, -0.1) is 12.4 Å². The standard InChI is InChI=1S/C17H20N4O2.ClH/c1-12-11-13(23-17-19-9-4-10-20-17)6-7-14(12)21-16(22)15-5-2-3-8-18-15;/h4,6-7,9-11,15,18H,2-3,5,8H2,1H3,(H,21,22);1H. The van der Waals surface area contributed by atoms with Crippen molar-refractivity contribution in [1.29, 1.82) is 0 Å². The van der Waals surface area contributed by atoms with Gasteiger partial charge in [-0.3, -0.25) is 4.79 Å². The van der Waals surface area contributed by atoms with Crippen molar-refractivity contribution in [2.24, 2.45) is 0 Å². The average molecular weight is 349 g/mol. The van der Waals surface area contributed by atoms with E-state index in [1.165, 1.54) is 0 Å². The van der Waals surface area contributed by atoms with Gasteiger partial charge >= 0.3 is 6.01 Å². The first kappa shape index (κ1) is 18.2. The molecule has 2 heterocycles. The molecule has 1 atom stereocenters. The second-order valence-electron chi connectivity index (χ2n) is 5.60. The first-order valence-corrected chi connectivity index (χ1v) is 7.82. The summed E-state index contributed by atoms with van der Waals surface area (Å²) in [5, 5.41) is 6.23. The van der Waals surface area contributed by atoms with Crippen LogP contribution in [0.1, 0.15) is 24.8 Å². The normalized spacial score (nSPS) is 16.8. The number of nitrogens with one attached hydrogen (secondary N) is 2. The van der Waals surface area contributed by atoms with Gasteiger partial charge in [0.15, 0.2) is 0 Å². The van der Waals surface area contributed by atoms with Crippen LogP contribution in [0.25, 0.3) is 0 Å². The number of carbonyl (C=O) groups excluding carboxylic acids is 1. The molecule has 2 N–H and O–H groups in total. The van der Waals surface area contributed by atoms with E-state index in [0.29, 0.717) is 11.8 Å². The van der Waals surface area contributed by atoms with E-state index in [4.69, 9.17) is 4.74 Å². The summed E-state index contributed by atoms with van der Waals surface area (Å²) in [4.78, 5) is 20.3. The molecule has 0 radical (unpaired) electrons. The summed E-state index contributed by atoms with van der Waals surface area (Å²) in [5.74, 6) is 0.662. The molecule has 0 bridgehead atoms. The lowest BCUT2D eigenvalue weighted by Gasteiger charge is -2.23. The van der Waals surface area contributed by atoms with Crippen molar-refractivity contribution < 1.29 is 9.53 Å². The Morgan fingerprint density at radius 3 is 2.75 bits per heavy atom. The van der Waals surface area contributed by atoms with Crippen LogP contribution in [0, 0.1) is 6.92 Å². The zero-order valence-electron chi connectivity index (χ0n) is 13.5.